The lowest BCUT2D eigenvalue weighted by Gasteiger charge is -2.63. The number of benzene rings is 3. The maximum absolute atomic E-state index is 13.4. The third-order valence-corrected chi connectivity index (χ3v) is 13.2. The van der Waals surface area contributed by atoms with Crippen molar-refractivity contribution < 1.29 is 28.7 Å². The fourth-order valence-corrected chi connectivity index (χ4v) is 10.1. The number of ether oxygens (including phenoxy) is 1. The third-order valence-electron chi connectivity index (χ3n) is 12.9. The summed E-state index contributed by atoms with van der Waals surface area (Å²) >= 11 is 6.24. The smallest absolute Gasteiger partial charge is 0.262 e. The van der Waals surface area contributed by atoms with Crippen LogP contribution in [0.25, 0.3) is 0 Å². The van der Waals surface area contributed by atoms with E-state index in [-0.39, 0.29) is 47.6 Å². The van der Waals surface area contributed by atoms with E-state index in [0.29, 0.717) is 38.9 Å². The van der Waals surface area contributed by atoms with Gasteiger partial charge in [0.05, 0.1) is 21.7 Å². The lowest BCUT2D eigenvalue weighted by Crippen LogP contribution is -2.74. The minimum Gasteiger partial charge on any atom is -0.489 e. The fourth-order valence-electron chi connectivity index (χ4n) is 9.88. The molecular weight excluding hydrogens is 754 g/mol. The second-order valence-corrected chi connectivity index (χ2v) is 17.9. The van der Waals surface area contributed by atoms with Crippen molar-refractivity contribution in [3.63, 3.8) is 0 Å². The van der Waals surface area contributed by atoms with Crippen LogP contribution in [0.1, 0.15) is 133 Å². The average molecular weight is 806 g/mol. The first-order chi connectivity index (χ1) is 27.7. The van der Waals surface area contributed by atoms with Crippen LogP contribution in [0.15, 0.2) is 60.7 Å². The molecule has 5 amide bonds. The Kier molecular flexibility index (Phi) is 11.8. The van der Waals surface area contributed by atoms with Crippen LogP contribution in [0.2, 0.25) is 5.02 Å². The molecule has 1 unspecified atom stereocenters. The maximum Gasteiger partial charge on any atom is 0.262 e. The molecule has 0 bridgehead atoms. The van der Waals surface area contributed by atoms with Gasteiger partial charge in [-0.2, -0.15) is 5.26 Å². The first kappa shape index (κ1) is 41.1. The van der Waals surface area contributed by atoms with Crippen LogP contribution < -0.4 is 15.4 Å². The normalized spacial score (nSPS) is 22.8. The molecule has 11 nitrogen and oxygen atoms in total. The number of carbonyl (C=O) groups is 5. The monoisotopic (exact) mass is 805 g/mol. The van der Waals surface area contributed by atoms with Crippen LogP contribution in [0.4, 0.5) is 0 Å². The van der Waals surface area contributed by atoms with Crippen molar-refractivity contribution >= 4 is 41.1 Å². The summed E-state index contributed by atoms with van der Waals surface area (Å²) in [6.45, 7) is 11.4. The number of nitrogens with zero attached hydrogens (tertiary/aromatic N) is 3. The number of unbranched alkanes of at least 4 members (excludes halogenated alkanes) is 3. The predicted molar refractivity (Wildman–Crippen MR) is 220 cm³/mol. The van der Waals surface area contributed by atoms with Crippen LogP contribution in [-0.2, 0) is 16.0 Å². The first-order valence-electron chi connectivity index (χ1n) is 20.5. The molecule has 304 valence electrons. The number of likely N-dealkylation sites (tertiary alicyclic amines) is 1. The molecule has 2 saturated heterocycles. The molecule has 4 aliphatic rings. The highest BCUT2D eigenvalue weighted by atomic mass is 35.5. The number of hydrogen-bond acceptors (Lipinski definition) is 8. The number of nitrogens with one attached hydrogen (secondary N) is 2. The number of aryl methyl sites for hydroxylation is 1. The molecule has 0 spiro atoms. The molecule has 3 fully saturated rings. The molecule has 58 heavy (non-hydrogen) atoms. The average Bonchev–Trinajstić information content (AvgIpc) is 3.45. The van der Waals surface area contributed by atoms with Gasteiger partial charge in [0.25, 0.3) is 17.7 Å². The molecule has 12 heteroatoms. The number of imide groups is 2. The molecule has 3 heterocycles. The molecule has 1 aliphatic carbocycles. The lowest BCUT2D eigenvalue weighted by molar-refractivity contribution is -0.164. The van der Waals surface area contributed by atoms with Gasteiger partial charge in [-0.05, 0) is 112 Å². The van der Waals surface area contributed by atoms with Gasteiger partial charge in [0.15, 0.2) is 0 Å². The summed E-state index contributed by atoms with van der Waals surface area (Å²) < 4.78 is 6.36. The zero-order chi connectivity index (χ0) is 41.4. The van der Waals surface area contributed by atoms with Gasteiger partial charge in [0.1, 0.15) is 24.0 Å². The topological polar surface area (TPSA) is 149 Å². The summed E-state index contributed by atoms with van der Waals surface area (Å²) in [5.74, 6) is -1.10. The summed E-state index contributed by atoms with van der Waals surface area (Å²) in [7, 11) is 0. The van der Waals surface area contributed by atoms with E-state index in [0.717, 1.165) is 75.0 Å². The molecule has 1 atom stereocenters. The molecule has 2 N–H and O–H groups in total. The van der Waals surface area contributed by atoms with E-state index >= 15 is 0 Å². The van der Waals surface area contributed by atoms with Crippen molar-refractivity contribution in [3.05, 3.63) is 99.1 Å². The Morgan fingerprint density at radius 1 is 0.879 bits per heavy atom. The van der Waals surface area contributed by atoms with Gasteiger partial charge in [-0.15, -0.1) is 0 Å². The van der Waals surface area contributed by atoms with Crippen LogP contribution in [0.5, 0.6) is 5.75 Å². The standard InChI is InChI=1S/C46H52ClN5O6/c1-45(2)43(46(3,4)44(45)58-33-16-14-32(27-48)36(47)26-33)50-39(54)30-12-10-28(11-13-30)9-7-5-6-8-22-51-23-20-29(21-24-51)31-15-17-34-35(25-31)42(57)52(41(34)56)37-18-19-38(53)49-40(37)55/h10-17,25-26,29,37,43-44H,5-9,18-24H2,1-4H3,(H,50,54)(H,49,53,55). The highest BCUT2D eigenvalue weighted by Crippen LogP contribution is 2.55. The molecule has 0 aromatic heterocycles. The maximum atomic E-state index is 13.4. The third kappa shape index (κ3) is 8.14. The highest BCUT2D eigenvalue weighted by molar-refractivity contribution is 6.31. The minimum atomic E-state index is -0.955. The molecule has 7 rings (SSSR count). The minimum absolute atomic E-state index is 0.0983. The van der Waals surface area contributed by atoms with Gasteiger partial charge >= 0.3 is 0 Å². The van der Waals surface area contributed by atoms with E-state index in [4.69, 9.17) is 16.3 Å². The van der Waals surface area contributed by atoms with E-state index in [1.165, 1.54) is 5.56 Å². The van der Waals surface area contributed by atoms with Crippen molar-refractivity contribution in [1.29, 1.82) is 5.26 Å². The highest BCUT2D eigenvalue weighted by Gasteiger charge is 2.64. The summed E-state index contributed by atoms with van der Waals surface area (Å²) in [6, 6.07) is 19.5. The largest absolute Gasteiger partial charge is 0.489 e. The second-order valence-electron chi connectivity index (χ2n) is 17.5. The van der Waals surface area contributed by atoms with Gasteiger partial charge in [0, 0.05) is 34.9 Å². The Hall–Kier alpha value is -5.05. The van der Waals surface area contributed by atoms with Gasteiger partial charge in [-0.3, -0.25) is 34.2 Å². The Balaban J connectivity index is 0.800. The molecule has 3 aliphatic heterocycles. The number of halogens is 1. The fraction of sp³-hybridized carbons (Fsp3) is 0.478. The number of piperidine rings is 2. The van der Waals surface area contributed by atoms with Crippen LogP contribution >= 0.6 is 11.6 Å². The van der Waals surface area contributed by atoms with E-state index in [2.05, 4.69) is 61.4 Å². The van der Waals surface area contributed by atoms with Crippen molar-refractivity contribution in [1.82, 2.24) is 20.4 Å². The van der Waals surface area contributed by atoms with Crippen LogP contribution in [-0.4, -0.2) is 77.2 Å². The van der Waals surface area contributed by atoms with Gasteiger partial charge in [-0.25, -0.2) is 0 Å². The number of carbonyl (C=O) groups excluding carboxylic acids is 5. The van der Waals surface area contributed by atoms with E-state index in [1.807, 2.05) is 24.3 Å². The van der Waals surface area contributed by atoms with Crippen molar-refractivity contribution in [2.24, 2.45) is 10.8 Å². The number of hydrogen-bond donors (Lipinski definition) is 2. The predicted octanol–water partition coefficient (Wildman–Crippen LogP) is 7.21. The summed E-state index contributed by atoms with van der Waals surface area (Å²) in [6.07, 6.45) is 7.52. The summed E-state index contributed by atoms with van der Waals surface area (Å²) in [5.41, 5.74) is 3.31. The zero-order valence-corrected chi connectivity index (χ0v) is 34.5. The number of amides is 5. The van der Waals surface area contributed by atoms with Crippen LogP contribution in [0, 0.1) is 22.2 Å². The van der Waals surface area contributed by atoms with E-state index in [1.54, 1.807) is 24.3 Å². The number of fused-ring (bicyclic) bond motifs is 1. The Labute approximate surface area is 345 Å². The quantitative estimate of drug-likeness (QED) is 0.136. The van der Waals surface area contributed by atoms with Crippen molar-refractivity contribution in [2.75, 3.05) is 19.6 Å². The van der Waals surface area contributed by atoms with Gasteiger partial charge in [0.2, 0.25) is 11.8 Å². The summed E-state index contributed by atoms with van der Waals surface area (Å²) in [4.78, 5) is 67.3. The van der Waals surface area contributed by atoms with Crippen molar-refractivity contribution in [2.45, 2.75) is 110 Å². The molecule has 3 aromatic rings. The second kappa shape index (κ2) is 16.7. The van der Waals surface area contributed by atoms with Crippen molar-refractivity contribution in [3.8, 4) is 11.8 Å². The van der Waals surface area contributed by atoms with Gasteiger partial charge in [-0.1, -0.05) is 70.3 Å². The van der Waals surface area contributed by atoms with Crippen LogP contribution in [0.3, 0.4) is 0 Å². The number of nitriles is 1. The lowest BCUT2D eigenvalue weighted by atomic mass is 9.49. The van der Waals surface area contributed by atoms with Gasteiger partial charge < -0.3 is 15.0 Å². The van der Waals surface area contributed by atoms with E-state index in [9.17, 15) is 29.2 Å². The SMILES string of the molecule is CC1(C)C(NC(=O)c2ccc(CCCCCCN3CCC(c4ccc5c(c4)C(=O)N(C4CCC(=O)NC4=O)C5=O)CC3)cc2)C(C)(C)C1Oc1ccc(C#N)c(Cl)c1. The summed E-state index contributed by atoms with van der Waals surface area (Å²) in [5, 5.41) is 15.1. The first-order valence-corrected chi connectivity index (χ1v) is 20.9. The molecular formula is C46H52ClN5O6. The Morgan fingerprint density at radius 2 is 1.57 bits per heavy atom. The Morgan fingerprint density at radius 3 is 2.24 bits per heavy atom. The Bertz CT molecular complexity index is 2140. The zero-order valence-electron chi connectivity index (χ0n) is 33.7. The molecule has 1 saturated carbocycles. The van der Waals surface area contributed by atoms with E-state index < -0.39 is 23.8 Å². The number of rotatable bonds is 13. The molecule has 3 aromatic carbocycles. The molecule has 0 radical (unpaired) electrons.